The maximum absolute atomic E-state index is 5.51. The summed E-state index contributed by atoms with van der Waals surface area (Å²) in [5.41, 5.74) is 8.53. The predicted molar refractivity (Wildman–Crippen MR) is 135 cm³/mol. The molecule has 0 N–H and O–H groups in total. The van der Waals surface area contributed by atoms with Crippen molar-refractivity contribution in [3.63, 3.8) is 0 Å². The second-order valence-corrected chi connectivity index (χ2v) is 9.66. The summed E-state index contributed by atoms with van der Waals surface area (Å²) in [6.45, 7) is 4.23. The number of fused-ring (bicyclic) bond motifs is 1. The molecule has 3 atom stereocenters. The molecule has 1 aliphatic heterocycles. The molecule has 3 heteroatoms. The molecule has 172 valence electrons. The van der Waals surface area contributed by atoms with Gasteiger partial charge < -0.3 is 14.4 Å². The van der Waals surface area contributed by atoms with Crippen molar-refractivity contribution in [1.29, 1.82) is 0 Å². The first-order chi connectivity index (χ1) is 16.2. The Balaban J connectivity index is 1.44. The highest BCUT2D eigenvalue weighted by atomic mass is 16.7. The molecule has 0 unspecified atom stereocenters. The van der Waals surface area contributed by atoms with Crippen LogP contribution in [-0.4, -0.2) is 33.6 Å². The van der Waals surface area contributed by atoms with Crippen LogP contribution >= 0.6 is 0 Å². The maximum Gasteiger partial charge on any atom is 0.161 e. The summed E-state index contributed by atoms with van der Waals surface area (Å²) in [4.78, 5) is 2.46. The number of benzene rings is 3. The summed E-state index contributed by atoms with van der Waals surface area (Å²) in [5.74, 6) is 1.31. The van der Waals surface area contributed by atoms with E-state index in [0.29, 0.717) is 17.8 Å². The van der Waals surface area contributed by atoms with Crippen LogP contribution in [0.25, 0.3) is 0 Å². The molecule has 33 heavy (non-hydrogen) atoms. The molecule has 3 nitrogen and oxygen atoms in total. The molecule has 0 spiro atoms. The van der Waals surface area contributed by atoms with Crippen molar-refractivity contribution in [2.24, 2.45) is 5.92 Å². The Hall–Kier alpha value is -2.62. The van der Waals surface area contributed by atoms with Gasteiger partial charge in [-0.3, -0.25) is 0 Å². The van der Waals surface area contributed by atoms with Crippen LogP contribution in [0.3, 0.4) is 0 Å². The lowest BCUT2D eigenvalue weighted by molar-refractivity contribution is -0.132. The number of aryl methyl sites for hydroxylation is 2. The molecule has 3 aromatic rings. The van der Waals surface area contributed by atoms with E-state index in [4.69, 9.17) is 9.47 Å². The van der Waals surface area contributed by atoms with Gasteiger partial charge in [-0.25, -0.2) is 0 Å². The first-order valence-corrected chi connectivity index (χ1v) is 12.2. The third-order valence-electron chi connectivity index (χ3n) is 7.68. The summed E-state index contributed by atoms with van der Waals surface area (Å²) in [7, 11) is 3.47. The average molecular weight is 442 g/mol. The highest BCUT2D eigenvalue weighted by Crippen LogP contribution is 2.46. The quantitative estimate of drug-likeness (QED) is 0.419. The van der Waals surface area contributed by atoms with Crippen molar-refractivity contribution in [3.05, 3.63) is 101 Å². The Bertz CT molecular complexity index is 1060. The molecule has 0 amide bonds. The molecule has 2 aliphatic rings. The second-order valence-electron chi connectivity index (χ2n) is 9.66. The molecule has 0 bridgehead atoms. The van der Waals surface area contributed by atoms with E-state index >= 15 is 0 Å². The van der Waals surface area contributed by atoms with E-state index in [1.165, 1.54) is 39.9 Å². The lowest BCUT2D eigenvalue weighted by atomic mass is 9.69. The number of nitrogens with zero attached hydrogens (tertiary/aromatic N) is 1. The average Bonchev–Trinajstić information content (AvgIpc) is 3.35. The van der Waals surface area contributed by atoms with Gasteiger partial charge >= 0.3 is 0 Å². The molecule has 1 saturated heterocycles. The number of hydrogen-bond donors (Lipinski definition) is 0. The Morgan fingerprint density at radius 3 is 2.33 bits per heavy atom. The van der Waals surface area contributed by atoms with E-state index < -0.39 is 0 Å². The van der Waals surface area contributed by atoms with Crippen LogP contribution in [0.15, 0.2) is 72.8 Å². The topological polar surface area (TPSA) is 21.7 Å². The number of anilines is 1. The Morgan fingerprint density at radius 2 is 1.61 bits per heavy atom. The minimum Gasteiger partial charge on any atom is -0.371 e. The summed E-state index contributed by atoms with van der Waals surface area (Å²) in [6.07, 6.45) is 3.32. The zero-order valence-electron chi connectivity index (χ0n) is 20.0. The minimum absolute atomic E-state index is 0.122. The van der Waals surface area contributed by atoms with Crippen LogP contribution in [0.5, 0.6) is 0 Å². The van der Waals surface area contributed by atoms with Crippen LogP contribution < -0.4 is 4.90 Å². The van der Waals surface area contributed by atoms with Gasteiger partial charge in [-0.1, -0.05) is 66.2 Å². The van der Waals surface area contributed by atoms with Gasteiger partial charge in [0, 0.05) is 44.8 Å². The van der Waals surface area contributed by atoms with Crippen LogP contribution in [0, 0.1) is 12.8 Å². The highest BCUT2D eigenvalue weighted by molar-refractivity contribution is 5.52. The zero-order chi connectivity index (χ0) is 22.8. The Labute approximate surface area is 198 Å². The molecule has 3 aromatic carbocycles. The van der Waals surface area contributed by atoms with E-state index in [0.717, 1.165) is 25.9 Å². The second kappa shape index (κ2) is 9.70. The van der Waals surface area contributed by atoms with Crippen LogP contribution in [0.4, 0.5) is 5.69 Å². The molecular formula is C30H35NO2. The fourth-order valence-electron chi connectivity index (χ4n) is 6.04. The lowest BCUT2D eigenvalue weighted by Crippen LogP contribution is -2.28. The zero-order valence-corrected chi connectivity index (χ0v) is 20.0. The number of hydrogen-bond acceptors (Lipinski definition) is 3. The number of ether oxygens (including phenoxy) is 2. The first kappa shape index (κ1) is 22.2. The monoisotopic (exact) mass is 441 g/mol. The van der Waals surface area contributed by atoms with Gasteiger partial charge in [0.25, 0.3) is 0 Å². The molecule has 0 saturated carbocycles. The van der Waals surface area contributed by atoms with E-state index in [1.54, 1.807) is 14.2 Å². The minimum atomic E-state index is -0.122. The van der Waals surface area contributed by atoms with Gasteiger partial charge in [-0.15, -0.1) is 0 Å². The summed E-state index contributed by atoms with van der Waals surface area (Å²) >= 11 is 0. The normalized spacial score (nSPS) is 22.5. The van der Waals surface area contributed by atoms with Crippen molar-refractivity contribution in [3.8, 4) is 0 Å². The summed E-state index contributed by atoms with van der Waals surface area (Å²) in [6, 6.07) is 27.5. The molecule has 0 aromatic heterocycles. The van der Waals surface area contributed by atoms with Gasteiger partial charge in [-0.2, -0.15) is 0 Å². The number of rotatable bonds is 6. The van der Waals surface area contributed by atoms with Crippen molar-refractivity contribution in [2.75, 3.05) is 32.2 Å². The summed E-state index contributed by atoms with van der Waals surface area (Å²) < 4.78 is 11.0. The van der Waals surface area contributed by atoms with Crippen molar-refractivity contribution in [2.45, 2.75) is 44.3 Å². The summed E-state index contributed by atoms with van der Waals surface area (Å²) in [5, 5.41) is 0. The van der Waals surface area contributed by atoms with Crippen LogP contribution in [-0.2, 0) is 15.9 Å². The van der Waals surface area contributed by atoms with Gasteiger partial charge in [0.05, 0.1) is 0 Å². The third kappa shape index (κ3) is 4.45. The van der Waals surface area contributed by atoms with Gasteiger partial charge in [0.1, 0.15) is 0 Å². The Morgan fingerprint density at radius 1 is 0.848 bits per heavy atom. The van der Waals surface area contributed by atoms with Gasteiger partial charge in [0.15, 0.2) is 6.29 Å². The molecule has 1 fully saturated rings. The molecule has 0 radical (unpaired) electrons. The van der Waals surface area contributed by atoms with Gasteiger partial charge in [-0.05, 0) is 66.5 Å². The standard InChI is InChI=1S/C30H35NO2/c1-21-9-15-28-24(19-21)12-16-27(22-7-5-4-6-8-22)29(28)23-10-13-26(14-11-23)31-18-17-25(20-31)30(32-2)33-3/h4-11,13-15,19,25,27,29-30H,12,16-18,20H2,1-3H3/t25-,27+,29-/m1/s1. The van der Waals surface area contributed by atoms with E-state index in [2.05, 4.69) is 84.6 Å². The van der Waals surface area contributed by atoms with Crippen LogP contribution in [0.2, 0.25) is 0 Å². The lowest BCUT2D eigenvalue weighted by Gasteiger charge is -2.35. The molecule has 1 heterocycles. The van der Waals surface area contributed by atoms with E-state index in [9.17, 15) is 0 Å². The van der Waals surface area contributed by atoms with Crippen molar-refractivity contribution < 1.29 is 9.47 Å². The van der Waals surface area contributed by atoms with Crippen molar-refractivity contribution in [1.82, 2.24) is 0 Å². The molecule has 5 rings (SSSR count). The first-order valence-electron chi connectivity index (χ1n) is 12.2. The molecule has 1 aliphatic carbocycles. The smallest absolute Gasteiger partial charge is 0.161 e. The number of methoxy groups -OCH3 is 2. The Kier molecular flexibility index (Phi) is 6.52. The fourth-order valence-corrected chi connectivity index (χ4v) is 6.04. The predicted octanol–water partition coefficient (Wildman–Crippen LogP) is 6.30. The largest absolute Gasteiger partial charge is 0.371 e. The highest BCUT2D eigenvalue weighted by Gasteiger charge is 2.33. The molecular weight excluding hydrogens is 406 g/mol. The van der Waals surface area contributed by atoms with Crippen molar-refractivity contribution >= 4 is 5.69 Å². The fraction of sp³-hybridized carbons (Fsp3) is 0.400. The van der Waals surface area contributed by atoms with Crippen LogP contribution in [0.1, 0.15) is 52.5 Å². The van der Waals surface area contributed by atoms with E-state index in [-0.39, 0.29) is 6.29 Å². The third-order valence-corrected chi connectivity index (χ3v) is 7.68. The van der Waals surface area contributed by atoms with Gasteiger partial charge in [0.2, 0.25) is 0 Å². The maximum atomic E-state index is 5.51. The SMILES string of the molecule is COC(OC)[C@@H]1CCN(c2ccc([C@H]3c4ccc(C)cc4CC[C@H]3c3ccccc3)cc2)C1. The van der Waals surface area contributed by atoms with E-state index in [1.807, 2.05) is 0 Å².